The third-order valence-electron chi connectivity index (χ3n) is 3.20. The minimum absolute atomic E-state index is 0.478. The van der Waals surface area contributed by atoms with Crippen molar-refractivity contribution in [3.8, 4) is 0 Å². The van der Waals surface area contributed by atoms with Gasteiger partial charge in [-0.15, -0.1) is 0 Å². The van der Waals surface area contributed by atoms with Crippen molar-refractivity contribution in [3.05, 3.63) is 35.4 Å². The summed E-state index contributed by atoms with van der Waals surface area (Å²) in [5.74, 6) is 0. The maximum atomic E-state index is 14.4. The van der Waals surface area contributed by atoms with Gasteiger partial charge in [-0.3, -0.25) is 0 Å². The summed E-state index contributed by atoms with van der Waals surface area (Å²) >= 11 is 0. The van der Waals surface area contributed by atoms with Gasteiger partial charge < -0.3 is 11.1 Å². The fraction of sp³-hybridized carbons (Fsp3) is 0.538. The Labute approximate surface area is 96.0 Å². The molecule has 3 heteroatoms. The molecule has 0 aromatic heterocycles. The molecule has 1 fully saturated rings. The lowest BCUT2D eigenvalue weighted by atomic mass is 9.89. The minimum Gasteiger partial charge on any atom is -0.326 e. The molecule has 1 aromatic rings. The largest absolute Gasteiger partial charge is 0.326 e. The average Bonchev–Trinajstić information content (AvgIpc) is 2.30. The molecule has 0 aliphatic carbocycles. The van der Waals surface area contributed by atoms with E-state index < -0.39 is 5.67 Å². The van der Waals surface area contributed by atoms with E-state index in [1.54, 1.807) is 0 Å². The molecule has 16 heavy (non-hydrogen) atoms. The quantitative estimate of drug-likeness (QED) is 0.818. The van der Waals surface area contributed by atoms with Crippen LogP contribution >= 0.6 is 0 Å². The molecule has 1 saturated heterocycles. The van der Waals surface area contributed by atoms with Gasteiger partial charge in [-0.2, -0.15) is 0 Å². The van der Waals surface area contributed by atoms with Gasteiger partial charge in [0.25, 0.3) is 0 Å². The highest BCUT2D eigenvalue weighted by molar-refractivity contribution is 5.24. The monoisotopic (exact) mass is 222 g/mol. The maximum absolute atomic E-state index is 14.4. The van der Waals surface area contributed by atoms with Crippen molar-refractivity contribution in [2.24, 2.45) is 5.73 Å². The first-order chi connectivity index (χ1) is 7.72. The molecule has 1 atom stereocenters. The van der Waals surface area contributed by atoms with Crippen molar-refractivity contribution in [1.82, 2.24) is 5.32 Å². The number of alkyl halides is 1. The molecule has 3 N–H and O–H groups in total. The van der Waals surface area contributed by atoms with E-state index in [-0.39, 0.29) is 0 Å². The molecule has 0 spiro atoms. The van der Waals surface area contributed by atoms with Crippen molar-refractivity contribution in [2.75, 3.05) is 13.1 Å². The van der Waals surface area contributed by atoms with Crippen LogP contribution in [0.15, 0.2) is 24.3 Å². The van der Waals surface area contributed by atoms with Gasteiger partial charge in [0.1, 0.15) is 5.67 Å². The van der Waals surface area contributed by atoms with E-state index in [9.17, 15) is 4.39 Å². The summed E-state index contributed by atoms with van der Waals surface area (Å²) in [7, 11) is 0. The third kappa shape index (κ3) is 2.80. The van der Waals surface area contributed by atoms with Crippen molar-refractivity contribution < 1.29 is 4.39 Å². The number of hydrogen-bond acceptors (Lipinski definition) is 2. The smallest absolute Gasteiger partial charge is 0.127 e. The van der Waals surface area contributed by atoms with E-state index >= 15 is 0 Å². The highest BCUT2D eigenvalue weighted by atomic mass is 19.1. The number of nitrogens with one attached hydrogen (secondary N) is 1. The number of rotatable bonds is 3. The topological polar surface area (TPSA) is 38.0 Å². The lowest BCUT2D eigenvalue weighted by Gasteiger charge is -2.30. The van der Waals surface area contributed by atoms with Gasteiger partial charge in [0.05, 0.1) is 0 Å². The van der Waals surface area contributed by atoms with Crippen LogP contribution in [-0.4, -0.2) is 18.8 Å². The number of nitrogens with two attached hydrogens (primary N) is 1. The molecule has 0 radical (unpaired) electrons. The fourth-order valence-corrected chi connectivity index (χ4v) is 2.24. The van der Waals surface area contributed by atoms with Gasteiger partial charge in [-0.05, 0) is 30.5 Å². The van der Waals surface area contributed by atoms with Crippen molar-refractivity contribution in [2.45, 2.75) is 31.5 Å². The van der Waals surface area contributed by atoms with Gasteiger partial charge in [-0.1, -0.05) is 24.3 Å². The normalized spacial score (nSPS) is 25.6. The highest BCUT2D eigenvalue weighted by Crippen LogP contribution is 2.25. The SMILES string of the molecule is NCc1ccc(CC2(F)CCCNC2)cc1. The van der Waals surface area contributed by atoms with Gasteiger partial charge in [0.2, 0.25) is 0 Å². The van der Waals surface area contributed by atoms with E-state index in [1.165, 1.54) is 0 Å². The predicted molar refractivity (Wildman–Crippen MR) is 64.0 cm³/mol. The predicted octanol–water partition coefficient (Wildman–Crippen LogP) is 1.78. The molecule has 0 bridgehead atoms. The molecule has 1 aromatic carbocycles. The molecule has 1 aliphatic heterocycles. The Kier molecular flexibility index (Phi) is 3.56. The molecule has 1 heterocycles. The third-order valence-corrected chi connectivity index (χ3v) is 3.20. The maximum Gasteiger partial charge on any atom is 0.127 e. The van der Waals surface area contributed by atoms with E-state index in [0.29, 0.717) is 25.9 Å². The molecular weight excluding hydrogens is 203 g/mol. The summed E-state index contributed by atoms with van der Waals surface area (Å²) in [4.78, 5) is 0. The zero-order valence-corrected chi connectivity index (χ0v) is 9.51. The molecular formula is C13H19FN2. The van der Waals surface area contributed by atoms with Crippen molar-refractivity contribution in [1.29, 1.82) is 0 Å². The molecule has 1 unspecified atom stereocenters. The molecule has 2 rings (SSSR count). The summed E-state index contributed by atoms with van der Waals surface area (Å²) in [5, 5.41) is 3.12. The first kappa shape index (κ1) is 11.6. The minimum atomic E-state index is -1.07. The van der Waals surface area contributed by atoms with Crippen LogP contribution in [0.2, 0.25) is 0 Å². The van der Waals surface area contributed by atoms with Crippen LogP contribution in [0.3, 0.4) is 0 Å². The molecule has 0 saturated carbocycles. The van der Waals surface area contributed by atoms with Crippen LogP contribution in [0.1, 0.15) is 24.0 Å². The van der Waals surface area contributed by atoms with E-state index in [1.807, 2.05) is 24.3 Å². The number of halogens is 1. The van der Waals surface area contributed by atoms with Crippen LogP contribution < -0.4 is 11.1 Å². The molecule has 88 valence electrons. The van der Waals surface area contributed by atoms with Gasteiger partial charge in [-0.25, -0.2) is 4.39 Å². The summed E-state index contributed by atoms with van der Waals surface area (Å²) in [6.07, 6.45) is 2.10. The highest BCUT2D eigenvalue weighted by Gasteiger charge is 2.31. The van der Waals surface area contributed by atoms with Crippen LogP contribution in [0.25, 0.3) is 0 Å². The number of piperidine rings is 1. The van der Waals surface area contributed by atoms with Gasteiger partial charge in [0.15, 0.2) is 0 Å². The van der Waals surface area contributed by atoms with Crippen LogP contribution in [-0.2, 0) is 13.0 Å². The summed E-state index contributed by atoms with van der Waals surface area (Å²) < 4.78 is 14.4. The molecule has 2 nitrogen and oxygen atoms in total. The van der Waals surface area contributed by atoms with Crippen LogP contribution in [0.5, 0.6) is 0 Å². The van der Waals surface area contributed by atoms with Crippen molar-refractivity contribution in [3.63, 3.8) is 0 Å². The Bertz CT molecular complexity index is 328. The number of benzene rings is 1. The summed E-state index contributed by atoms with van der Waals surface area (Å²) in [5.41, 5.74) is 6.61. The number of hydrogen-bond donors (Lipinski definition) is 2. The second-order valence-corrected chi connectivity index (χ2v) is 4.63. The Morgan fingerprint density at radius 3 is 2.50 bits per heavy atom. The lowest BCUT2D eigenvalue weighted by Crippen LogP contribution is -2.43. The molecule has 1 aliphatic rings. The Hall–Kier alpha value is -0.930. The summed E-state index contributed by atoms with van der Waals surface area (Å²) in [6, 6.07) is 7.93. The first-order valence-electron chi connectivity index (χ1n) is 5.89. The standard InChI is InChI=1S/C13H19FN2/c14-13(6-1-7-16-10-13)8-11-2-4-12(9-15)5-3-11/h2-5,16H,1,6-10,15H2. The zero-order chi connectivity index (χ0) is 11.4. The first-order valence-corrected chi connectivity index (χ1v) is 5.89. The Balaban J connectivity index is 2.01. The van der Waals surface area contributed by atoms with E-state index in [2.05, 4.69) is 5.32 Å². The van der Waals surface area contributed by atoms with Crippen LogP contribution in [0.4, 0.5) is 4.39 Å². The average molecular weight is 222 g/mol. The summed E-state index contributed by atoms with van der Waals surface area (Å²) in [6.45, 7) is 1.96. The van der Waals surface area contributed by atoms with Crippen molar-refractivity contribution >= 4 is 0 Å². The van der Waals surface area contributed by atoms with E-state index in [4.69, 9.17) is 5.73 Å². The Morgan fingerprint density at radius 1 is 1.25 bits per heavy atom. The Morgan fingerprint density at radius 2 is 1.94 bits per heavy atom. The second-order valence-electron chi connectivity index (χ2n) is 4.63. The molecule has 0 amide bonds. The second kappa shape index (κ2) is 4.93. The fourth-order valence-electron chi connectivity index (χ4n) is 2.24. The van der Waals surface area contributed by atoms with Gasteiger partial charge in [0, 0.05) is 19.5 Å². The van der Waals surface area contributed by atoms with Gasteiger partial charge >= 0.3 is 0 Å². The zero-order valence-electron chi connectivity index (χ0n) is 9.51. The lowest BCUT2D eigenvalue weighted by molar-refractivity contribution is 0.122. The van der Waals surface area contributed by atoms with E-state index in [0.717, 1.165) is 24.1 Å². The van der Waals surface area contributed by atoms with Crippen LogP contribution in [0, 0.1) is 0 Å².